The summed E-state index contributed by atoms with van der Waals surface area (Å²) >= 11 is 0. The van der Waals surface area contributed by atoms with Crippen LogP contribution in [0.1, 0.15) is 10.4 Å². The van der Waals surface area contributed by atoms with Gasteiger partial charge in [0, 0.05) is 5.56 Å². The fourth-order valence-electron chi connectivity index (χ4n) is 2.35. The van der Waals surface area contributed by atoms with E-state index in [0.717, 1.165) is 11.1 Å². The molecule has 7 heteroatoms. The fourth-order valence-corrected chi connectivity index (χ4v) is 2.35. The van der Waals surface area contributed by atoms with Gasteiger partial charge in [-0.25, -0.2) is 22.0 Å². The highest BCUT2D eigenvalue weighted by molar-refractivity contribution is 6.04. The molecule has 1 N–H and O–H groups in total. The molecule has 0 bridgehead atoms. The first kappa shape index (κ1) is 17.6. The first-order valence-electron chi connectivity index (χ1n) is 7.38. The van der Waals surface area contributed by atoms with E-state index in [1.807, 2.05) is 30.3 Å². The maximum Gasteiger partial charge on any atom is 0.255 e. The molecular formula is C19H10F5NO. The van der Waals surface area contributed by atoms with E-state index in [1.54, 1.807) is 17.4 Å². The Morgan fingerprint density at radius 2 is 1.08 bits per heavy atom. The molecule has 0 saturated carbocycles. The molecule has 0 saturated heterocycles. The van der Waals surface area contributed by atoms with E-state index in [0.29, 0.717) is 0 Å². The van der Waals surface area contributed by atoms with Crippen molar-refractivity contribution in [2.24, 2.45) is 0 Å². The quantitative estimate of drug-likeness (QED) is 0.382. The van der Waals surface area contributed by atoms with Crippen molar-refractivity contribution in [3.05, 3.63) is 89.2 Å². The summed E-state index contributed by atoms with van der Waals surface area (Å²) in [6, 6.07) is 15.2. The van der Waals surface area contributed by atoms with Crippen LogP contribution in [0.4, 0.5) is 27.6 Å². The minimum absolute atomic E-state index is 0.00591. The third-order valence-corrected chi connectivity index (χ3v) is 3.70. The first-order chi connectivity index (χ1) is 12.4. The standard InChI is InChI=1S/C19H10F5NO/c20-13-14(21)16(23)18(17(24)15(13)22)25-19(26)12-8-6-11(7-9-12)10-4-2-1-3-5-10/h1-9H,(H,25,26). The fraction of sp³-hybridized carbons (Fsp3) is 0. The van der Waals surface area contributed by atoms with Crippen molar-refractivity contribution in [1.29, 1.82) is 0 Å². The van der Waals surface area contributed by atoms with Gasteiger partial charge >= 0.3 is 0 Å². The molecule has 0 aromatic heterocycles. The molecule has 0 aliphatic rings. The molecule has 0 radical (unpaired) electrons. The van der Waals surface area contributed by atoms with Gasteiger partial charge in [0.05, 0.1) is 0 Å². The second kappa shape index (κ2) is 6.95. The molecule has 1 amide bonds. The maximum atomic E-state index is 13.6. The summed E-state index contributed by atoms with van der Waals surface area (Å²) in [5.74, 6) is -11.7. The lowest BCUT2D eigenvalue weighted by Crippen LogP contribution is -2.16. The molecular weight excluding hydrogens is 353 g/mol. The molecule has 26 heavy (non-hydrogen) atoms. The number of carbonyl (C=O) groups is 1. The Bertz CT molecular complexity index is 942. The summed E-state index contributed by atoms with van der Waals surface area (Å²) < 4.78 is 66.6. The Morgan fingerprint density at radius 3 is 1.62 bits per heavy atom. The normalized spacial score (nSPS) is 10.7. The van der Waals surface area contributed by atoms with Crippen LogP contribution in [0.25, 0.3) is 11.1 Å². The van der Waals surface area contributed by atoms with Gasteiger partial charge < -0.3 is 5.32 Å². The van der Waals surface area contributed by atoms with Gasteiger partial charge in [-0.15, -0.1) is 0 Å². The molecule has 3 rings (SSSR count). The Kier molecular flexibility index (Phi) is 4.71. The highest BCUT2D eigenvalue weighted by Gasteiger charge is 2.27. The number of hydrogen-bond donors (Lipinski definition) is 1. The van der Waals surface area contributed by atoms with Crippen LogP contribution >= 0.6 is 0 Å². The zero-order valence-electron chi connectivity index (χ0n) is 13.0. The lowest BCUT2D eigenvalue weighted by Gasteiger charge is -2.10. The SMILES string of the molecule is O=C(Nc1c(F)c(F)c(F)c(F)c1F)c1ccc(-c2ccccc2)cc1. The van der Waals surface area contributed by atoms with Gasteiger partial charge in [0.25, 0.3) is 5.91 Å². The molecule has 3 aromatic rings. The van der Waals surface area contributed by atoms with E-state index >= 15 is 0 Å². The topological polar surface area (TPSA) is 29.1 Å². The molecule has 2 nitrogen and oxygen atoms in total. The predicted octanol–water partition coefficient (Wildman–Crippen LogP) is 5.30. The van der Waals surface area contributed by atoms with Crippen LogP contribution in [0.15, 0.2) is 54.6 Å². The number of nitrogens with one attached hydrogen (secondary N) is 1. The second-order valence-corrected chi connectivity index (χ2v) is 5.34. The smallest absolute Gasteiger partial charge is 0.255 e. The molecule has 0 fully saturated rings. The number of hydrogen-bond acceptors (Lipinski definition) is 1. The van der Waals surface area contributed by atoms with Crippen molar-refractivity contribution in [1.82, 2.24) is 0 Å². The molecule has 0 atom stereocenters. The van der Waals surface area contributed by atoms with Crippen LogP contribution in [0.3, 0.4) is 0 Å². The predicted molar refractivity (Wildman–Crippen MR) is 86.1 cm³/mol. The van der Waals surface area contributed by atoms with Gasteiger partial charge in [-0.1, -0.05) is 42.5 Å². The van der Waals surface area contributed by atoms with E-state index in [4.69, 9.17) is 0 Å². The highest BCUT2D eigenvalue weighted by Crippen LogP contribution is 2.28. The number of amides is 1. The average Bonchev–Trinajstić information content (AvgIpc) is 2.69. The Labute approximate surface area is 144 Å². The number of benzene rings is 3. The van der Waals surface area contributed by atoms with E-state index in [1.165, 1.54) is 12.1 Å². The third kappa shape index (κ3) is 3.15. The lowest BCUT2D eigenvalue weighted by atomic mass is 10.0. The number of anilines is 1. The summed E-state index contributed by atoms with van der Waals surface area (Å²) in [5.41, 5.74) is 0.282. The first-order valence-corrected chi connectivity index (χ1v) is 7.38. The average molecular weight is 363 g/mol. The molecule has 3 aromatic carbocycles. The zero-order chi connectivity index (χ0) is 18.8. The minimum atomic E-state index is -2.29. The van der Waals surface area contributed by atoms with Crippen LogP contribution in [0.2, 0.25) is 0 Å². The Hall–Kier alpha value is -3.22. The van der Waals surface area contributed by atoms with Crippen LogP contribution < -0.4 is 5.32 Å². The van der Waals surface area contributed by atoms with E-state index in [9.17, 15) is 26.7 Å². The van der Waals surface area contributed by atoms with Crippen molar-refractivity contribution >= 4 is 11.6 Å². The van der Waals surface area contributed by atoms with Crippen molar-refractivity contribution in [3.8, 4) is 11.1 Å². The maximum absolute atomic E-state index is 13.6. The summed E-state index contributed by atoms with van der Waals surface area (Å²) in [5, 5.41) is 1.73. The number of halogens is 5. The Morgan fingerprint density at radius 1 is 0.615 bits per heavy atom. The van der Waals surface area contributed by atoms with Gasteiger partial charge in [-0.2, -0.15) is 0 Å². The van der Waals surface area contributed by atoms with Crippen molar-refractivity contribution < 1.29 is 26.7 Å². The van der Waals surface area contributed by atoms with Crippen LogP contribution in [0.5, 0.6) is 0 Å². The minimum Gasteiger partial charge on any atom is -0.317 e. The molecule has 0 aliphatic heterocycles. The molecule has 0 spiro atoms. The summed E-state index contributed by atoms with van der Waals surface area (Å²) in [7, 11) is 0. The van der Waals surface area contributed by atoms with Gasteiger partial charge in [-0.3, -0.25) is 4.79 Å². The van der Waals surface area contributed by atoms with E-state index < -0.39 is 40.7 Å². The summed E-state index contributed by atoms with van der Waals surface area (Å²) in [4.78, 5) is 12.1. The summed E-state index contributed by atoms with van der Waals surface area (Å²) in [6.07, 6.45) is 0. The summed E-state index contributed by atoms with van der Waals surface area (Å²) in [6.45, 7) is 0. The number of rotatable bonds is 3. The molecule has 132 valence electrons. The molecule has 0 heterocycles. The van der Waals surface area contributed by atoms with E-state index in [-0.39, 0.29) is 5.56 Å². The third-order valence-electron chi connectivity index (χ3n) is 3.70. The van der Waals surface area contributed by atoms with Gasteiger partial charge in [-0.05, 0) is 23.3 Å². The highest BCUT2D eigenvalue weighted by atomic mass is 19.2. The number of carbonyl (C=O) groups excluding carboxylic acids is 1. The Balaban J connectivity index is 1.88. The lowest BCUT2D eigenvalue weighted by molar-refractivity contribution is 0.102. The largest absolute Gasteiger partial charge is 0.317 e. The zero-order valence-corrected chi connectivity index (χ0v) is 13.0. The van der Waals surface area contributed by atoms with Gasteiger partial charge in [0.2, 0.25) is 5.82 Å². The second-order valence-electron chi connectivity index (χ2n) is 5.34. The van der Waals surface area contributed by atoms with Crippen molar-refractivity contribution in [3.63, 3.8) is 0 Å². The monoisotopic (exact) mass is 363 g/mol. The van der Waals surface area contributed by atoms with Crippen LogP contribution in [-0.4, -0.2) is 5.91 Å². The van der Waals surface area contributed by atoms with Crippen molar-refractivity contribution in [2.75, 3.05) is 5.32 Å². The molecule has 0 aliphatic carbocycles. The van der Waals surface area contributed by atoms with Crippen LogP contribution in [-0.2, 0) is 0 Å². The van der Waals surface area contributed by atoms with Gasteiger partial charge in [0.1, 0.15) is 5.69 Å². The van der Waals surface area contributed by atoms with Crippen molar-refractivity contribution in [2.45, 2.75) is 0 Å². The van der Waals surface area contributed by atoms with E-state index in [2.05, 4.69) is 0 Å². The van der Waals surface area contributed by atoms with Crippen LogP contribution in [0, 0.1) is 29.1 Å². The van der Waals surface area contributed by atoms with Gasteiger partial charge in [0.15, 0.2) is 23.3 Å². The molecule has 0 unspecified atom stereocenters.